The molecule has 0 aliphatic rings. The minimum atomic E-state index is 0.480. The summed E-state index contributed by atoms with van der Waals surface area (Å²) in [6, 6.07) is 3.47. The SMILES string of the molecule is C=C(OCC)c1ccc(OC)nn1. The second-order valence-electron chi connectivity index (χ2n) is 2.32. The van der Waals surface area contributed by atoms with Crippen LogP contribution in [-0.2, 0) is 4.74 Å². The molecule has 1 heterocycles. The van der Waals surface area contributed by atoms with E-state index >= 15 is 0 Å². The largest absolute Gasteiger partial charge is 0.492 e. The summed E-state index contributed by atoms with van der Waals surface area (Å²) >= 11 is 0. The Hall–Kier alpha value is -1.58. The second-order valence-corrected chi connectivity index (χ2v) is 2.32. The van der Waals surface area contributed by atoms with Gasteiger partial charge in [0, 0.05) is 6.07 Å². The smallest absolute Gasteiger partial charge is 0.233 e. The predicted molar refractivity (Wildman–Crippen MR) is 49.2 cm³/mol. The molecule has 1 aromatic rings. The molecule has 70 valence electrons. The van der Waals surface area contributed by atoms with Crippen LogP contribution in [0.15, 0.2) is 18.7 Å². The third kappa shape index (κ3) is 2.43. The molecule has 0 bridgehead atoms. The minimum absolute atomic E-state index is 0.480. The molecule has 0 aromatic carbocycles. The first kappa shape index (κ1) is 9.51. The number of nitrogens with zero attached hydrogens (tertiary/aromatic N) is 2. The van der Waals surface area contributed by atoms with E-state index in [1.54, 1.807) is 19.2 Å². The predicted octanol–water partition coefficient (Wildman–Crippen LogP) is 1.49. The number of hydrogen-bond acceptors (Lipinski definition) is 4. The zero-order chi connectivity index (χ0) is 9.68. The van der Waals surface area contributed by atoms with Gasteiger partial charge in [0.2, 0.25) is 5.88 Å². The highest BCUT2D eigenvalue weighted by Gasteiger charge is 2.01. The lowest BCUT2D eigenvalue weighted by molar-refractivity contribution is 0.297. The average molecular weight is 180 g/mol. The summed E-state index contributed by atoms with van der Waals surface area (Å²) in [5, 5.41) is 7.66. The molecule has 1 aromatic heterocycles. The topological polar surface area (TPSA) is 44.2 Å². The van der Waals surface area contributed by atoms with Crippen LogP contribution in [0.3, 0.4) is 0 Å². The molecule has 0 aliphatic heterocycles. The number of ether oxygens (including phenoxy) is 2. The van der Waals surface area contributed by atoms with Crippen molar-refractivity contribution in [2.45, 2.75) is 6.92 Å². The van der Waals surface area contributed by atoms with Gasteiger partial charge in [-0.05, 0) is 13.0 Å². The summed E-state index contributed by atoms with van der Waals surface area (Å²) in [5.41, 5.74) is 0.627. The maximum absolute atomic E-state index is 5.16. The van der Waals surface area contributed by atoms with Crippen LogP contribution < -0.4 is 4.74 Å². The number of aromatic nitrogens is 2. The lowest BCUT2D eigenvalue weighted by Gasteiger charge is -2.04. The maximum atomic E-state index is 5.16. The summed E-state index contributed by atoms with van der Waals surface area (Å²) in [5.74, 6) is 1.01. The van der Waals surface area contributed by atoms with E-state index < -0.39 is 0 Å². The molecule has 0 N–H and O–H groups in total. The number of rotatable bonds is 4. The molecule has 0 spiro atoms. The van der Waals surface area contributed by atoms with Crippen LogP contribution >= 0.6 is 0 Å². The molecule has 0 saturated carbocycles. The Morgan fingerprint density at radius 3 is 2.69 bits per heavy atom. The zero-order valence-electron chi connectivity index (χ0n) is 7.78. The Labute approximate surface area is 77.2 Å². The van der Waals surface area contributed by atoms with Crippen molar-refractivity contribution in [2.75, 3.05) is 13.7 Å². The fourth-order valence-electron chi connectivity index (χ4n) is 0.826. The van der Waals surface area contributed by atoms with E-state index in [-0.39, 0.29) is 0 Å². The summed E-state index contributed by atoms with van der Waals surface area (Å²) in [6.45, 7) is 6.17. The van der Waals surface area contributed by atoms with E-state index in [1.807, 2.05) is 6.92 Å². The van der Waals surface area contributed by atoms with E-state index in [2.05, 4.69) is 16.8 Å². The van der Waals surface area contributed by atoms with Crippen LogP contribution in [0.2, 0.25) is 0 Å². The van der Waals surface area contributed by atoms with Gasteiger partial charge in [0.25, 0.3) is 0 Å². The lowest BCUT2D eigenvalue weighted by atomic mass is 10.3. The monoisotopic (exact) mass is 180 g/mol. The molecular weight excluding hydrogens is 168 g/mol. The van der Waals surface area contributed by atoms with Crippen LogP contribution in [0.25, 0.3) is 5.76 Å². The highest BCUT2D eigenvalue weighted by Crippen LogP contribution is 2.11. The van der Waals surface area contributed by atoms with Crippen LogP contribution in [0.4, 0.5) is 0 Å². The van der Waals surface area contributed by atoms with E-state index in [4.69, 9.17) is 9.47 Å². The van der Waals surface area contributed by atoms with Gasteiger partial charge in [0.1, 0.15) is 11.5 Å². The van der Waals surface area contributed by atoms with Gasteiger partial charge in [0.15, 0.2) is 0 Å². The van der Waals surface area contributed by atoms with Crippen LogP contribution in [0, 0.1) is 0 Å². The van der Waals surface area contributed by atoms with Gasteiger partial charge in [-0.2, -0.15) is 0 Å². The average Bonchev–Trinajstić information content (AvgIpc) is 2.18. The Kier molecular flexibility index (Phi) is 3.25. The first-order valence-electron chi connectivity index (χ1n) is 3.97. The van der Waals surface area contributed by atoms with E-state index in [1.165, 1.54) is 0 Å². The van der Waals surface area contributed by atoms with Crippen molar-refractivity contribution in [3.05, 3.63) is 24.4 Å². The molecule has 0 unspecified atom stereocenters. The summed E-state index contributed by atoms with van der Waals surface area (Å²) in [4.78, 5) is 0. The number of methoxy groups -OCH3 is 1. The Bertz CT molecular complexity index is 282. The first-order chi connectivity index (χ1) is 6.27. The molecule has 0 amide bonds. The molecule has 4 nitrogen and oxygen atoms in total. The second kappa shape index (κ2) is 4.45. The van der Waals surface area contributed by atoms with Crippen LogP contribution in [0.1, 0.15) is 12.6 Å². The number of hydrogen-bond donors (Lipinski definition) is 0. The Balaban J connectivity index is 2.74. The van der Waals surface area contributed by atoms with Crippen molar-refractivity contribution < 1.29 is 9.47 Å². The summed E-state index contributed by atoms with van der Waals surface area (Å²) in [7, 11) is 1.54. The van der Waals surface area contributed by atoms with Gasteiger partial charge in [-0.1, -0.05) is 6.58 Å². The first-order valence-corrected chi connectivity index (χ1v) is 3.97. The van der Waals surface area contributed by atoms with Crippen molar-refractivity contribution in [1.29, 1.82) is 0 Å². The fourth-order valence-corrected chi connectivity index (χ4v) is 0.826. The van der Waals surface area contributed by atoms with Gasteiger partial charge < -0.3 is 9.47 Å². The molecular formula is C9H12N2O2. The van der Waals surface area contributed by atoms with Crippen molar-refractivity contribution in [3.8, 4) is 5.88 Å². The van der Waals surface area contributed by atoms with Crippen LogP contribution in [0.5, 0.6) is 5.88 Å². The molecule has 0 aliphatic carbocycles. The standard InChI is InChI=1S/C9H12N2O2/c1-4-13-7(2)8-5-6-9(12-3)11-10-8/h5-6H,2,4H2,1,3H3. The van der Waals surface area contributed by atoms with Gasteiger partial charge in [-0.15, -0.1) is 10.2 Å². The normalized spacial score (nSPS) is 9.38. The molecule has 0 saturated heterocycles. The van der Waals surface area contributed by atoms with Gasteiger partial charge in [0.05, 0.1) is 13.7 Å². The van der Waals surface area contributed by atoms with E-state index in [0.29, 0.717) is 23.9 Å². The van der Waals surface area contributed by atoms with Crippen LogP contribution in [-0.4, -0.2) is 23.9 Å². The molecule has 4 heteroatoms. The molecule has 0 radical (unpaired) electrons. The highest BCUT2D eigenvalue weighted by molar-refractivity contribution is 5.52. The maximum Gasteiger partial charge on any atom is 0.233 e. The van der Waals surface area contributed by atoms with E-state index in [9.17, 15) is 0 Å². The van der Waals surface area contributed by atoms with Crippen molar-refractivity contribution in [3.63, 3.8) is 0 Å². The lowest BCUT2D eigenvalue weighted by Crippen LogP contribution is -1.97. The van der Waals surface area contributed by atoms with Crippen molar-refractivity contribution >= 4 is 5.76 Å². The highest BCUT2D eigenvalue weighted by atomic mass is 16.5. The van der Waals surface area contributed by atoms with Crippen molar-refractivity contribution in [2.24, 2.45) is 0 Å². The van der Waals surface area contributed by atoms with Gasteiger partial charge in [-0.3, -0.25) is 0 Å². The molecule has 0 atom stereocenters. The zero-order valence-corrected chi connectivity index (χ0v) is 7.78. The quantitative estimate of drug-likeness (QED) is 0.658. The van der Waals surface area contributed by atoms with Gasteiger partial charge >= 0.3 is 0 Å². The van der Waals surface area contributed by atoms with Gasteiger partial charge in [-0.25, -0.2) is 0 Å². The summed E-state index contributed by atoms with van der Waals surface area (Å²) in [6.07, 6.45) is 0. The Morgan fingerprint density at radius 1 is 1.46 bits per heavy atom. The molecule has 13 heavy (non-hydrogen) atoms. The third-order valence-electron chi connectivity index (χ3n) is 1.45. The molecule has 1 rings (SSSR count). The third-order valence-corrected chi connectivity index (χ3v) is 1.45. The van der Waals surface area contributed by atoms with E-state index in [0.717, 1.165) is 0 Å². The Morgan fingerprint density at radius 2 is 2.23 bits per heavy atom. The molecule has 0 fully saturated rings. The fraction of sp³-hybridized carbons (Fsp3) is 0.333. The van der Waals surface area contributed by atoms with Crippen molar-refractivity contribution in [1.82, 2.24) is 10.2 Å². The minimum Gasteiger partial charge on any atom is -0.492 e. The summed E-state index contributed by atoms with van der Waals surface area (Å²) < 4.78 is 10.0.